The molecule has 84 valence electrons. The van der Waals surface area contributed by atoms with Crippen molar-refractivity contribution in [3.63, 3.8) is 0 Å². The van der Waals surface area contributed by atoms with Crippen LogP contribution in [-0.4, -0.2) is 31.6 Å². The van der Waals surface area contributed by atoms with Crippen molar-refractivity contribution in [2.45, 2.75) is 13.5 Å². The minimum Gasteiger partial charge on any atom is -0.468 e. The van der Waals surface area contributed by atoms with Crippen molar-refractivity contribution in [3.8, 4) is 0 Å². The van der Waals surface area contributed by atoms with Gasteiger partial charge in [-0.1, -0.05) is 6.92 Å². The summed E-state index contributed by atoms with van der Waals surface area (Å²) in [6.07, 6.45) is 1.74. The molecule has 1 aliphatic heterocycles. The highest BCUT2D eigenvalue weighted by atomic mass is 16.3. The van der Waals surface area contributed by atoms with E-state index in [-0.39, 0.29) is 0 Å². The van der Waals surface area contributed by atoms with Gasteiger partial charge in [0, 0.05) is 6.54 Å². The smallest absolute Gasteiger partial charge is 0.117 e. The number of hydrogen-bond acceptors (Lipinski definition) is 3. The summed E-state index contributed by atoms with van der Waals surface area (Å²) in [4.78, 5) is 2.34. The van der Waals surface area contributed by atoms with Gasteiger partial charge in [0.1, 0.15) is 5.76 Å². The number of nitrogens with zero attached hydrogens (tertiary/aromatic N) is 1. The highest BCUT2D eigenvalue weighted by Crippen LogP contribution is 2.17. The first-order valence-corrected chi connectivity index (χ1v) is 5.67. The second-order valence-corrected chi connectivity index (χ2v) is 4.67. The number of nitrogens with one attached hydrogen (secondary N) is 1. The normalized spacial score (nSPS) is 26.3. The standard InChI is InChI=1S/C12H20N2O/c1-10-6-13-7-11(10)8-14(2)9-12-4-3-5-15-12/h3-5,10-11,13H,6-9H2,1-2H3. The molecular weight excluding hydrogens is 188 g/mol. The van der Waals surface area contributed by atoms with Crippen LogP contribution in [-0.2, 0) is 6.54 Å². The van der Waals surface area contributed by atoms with Crippen LogP contribution >= 0.6 is 0 Å². The van der Waals surface area contributed by atoms with Crippen molar-refractivity contribution < 1.29 is 4.42 Å². The molecule has 3 nitrogen and oxygen atoms in total. The van der Waals surface area contributed by atoms with E-state index in [4.69, 9.17) is 4.42 Å². The highest BCUT2D eigenvalue weighted by molar-refractivity contribution is 4.97. The van der Waals surface area contributed by atoms with E-state index in [0.29, 0.717) is 0 Å². The summed E-state index contributed by atoms with van der Waals surface area (Å²) in [5.41, 5.74) is 0. The molecule has 2 unspecified atom stereocenters. The molecule has 1 saturated heterocycles. The molecule has 0 aliphatic carbocycles. The van der Waals surface area contributed by atoms with E-state index in [1.54, 1.807) is 6.26 Å². The molecule has 1 N–H and O–H groups in total. The van der Waals surface area contributed by atoms with E-state index in [0.717, 1.165) is 37.2 Å². The summed E-state index contributed by atoms with van der Waals surface area (Å²) in [7, 11) is 2.16. The first-order chi connectivity index (χ1) is 7.25. The van der Waals surface area contributed by atoms with Gasteiger partial charge >= 0.3 is 0 Å². The highest BCUT2D eigenvalue weighted by Gasteiger charge is 2.24. The van der Waals surface area contributed by atoms with Gasteiger partial charge in [-0.15, -0.1) is 0 Å². The van der Waals surface area contributed by atoms with Crippen LogP contribution in [0.1, 0.15) is 12.7 Å². The maximum Gasteiger partial charge on any atom is 0.117 e. The van der Waals surface area contributed by atoms with Crippen LogP contribution < -0.4 is 5.32 Å². The van der Waals surface area contributed by atoms with Crippen LogP contribution in [0.2, 0.25) is 0 Å². The maximum atomic E-state index is 5.34. The number of rotatable bonds is 4. The Morgan fingerprint density at radius 3 is 3.00 bits per heavy atom. The van der Waals surface area contributed by atoms with Crippen LogP contribution in [0.5, 0.6) is 0 Å². The molecule has 15 heavy (non-hydrogen) atoms. The van der Waals surface area contributed by atoms with Crippen molar-refractivity contribution in [2.24, 2.45) is 11.8 Å². The van der Waals surface area contributed by atoms with E-state index in [9.17, 15) is 0 Å². The van der Waals surface area contributed by atoms with Gasteiger partial charge in [-0.25, -0.2) is 0 Å². The van der Waals surface area contributed by atoms with Crippen molar-refractivity contribution >= 4 is 0 Å². The third-order valence-corrected chi connectivity index (χ3v) is 3.23. The third-order valence-electron chi connectivity index (χ3n) is 3.23. The van der Waals surface area contributed by atoms with Gasteiger partial charge in [0.15, 0.2) is 0 Å². The SMILES string of the molecule is CC1CNCC1CN(C)Cc1ccco1. The van der Waals surface area contributed by atoms with Gasteiger partial charge in [0.2, 0.25) is 0 Å². The summed E-state index contributed by atoms with van der Waals surface area (Å²) in [6.45, 7) is 6.71. The fourth-order valence-corrected chi connectivity index (χ4v) is 2.24. The molecular formula is C12H20N2O. The van der Waals surface area contributed by atoms with Crippen molar-refractivity contribution in [3.05, 3.63) is 24.2 Å². The summed E-state index contributed by atoms with van der Waals surface area (Å²) in [5.74, 6) is 2.63. The summed E-state index contributed by atoms with van der Waals surface area (Å²) < 4.78 is 5.34. The van der Waals surface area contributed by atoms with Gasteiger partial charge in [0.05, 0.1) is 12.8 Å². The fraction of sp³-hybridized carbons (Fsp3) is 0.667. The summed E-state index contributed by atoms with van der Waals surface area (Å²) in [6, 6.07) is 3.98. The minimum atomic E-state index is 0.782. The molecule has 0 amide bonds. The maximum absolute atomic E-state index is 5.34. The first kappa shape index (κ1) is 10.7. The molecule has 1 aromatic heterocycles. The molecule has 1 fully saturated rings. The third kappa shape index (κ3) is 2.83. The molecule has 0 spiro atoms. The molecule has 1 aliphatic rings. The minimum absolute atomic E-state index is 0.782. The van der Waals surface area contributed by atoms with Crippen molar-refractivity contribution in [1.82, 2.24) is 10.2 Å². The molecule has 2 rings (SSSR count). The monoisotopic (exact) mass is 208 g/mol. The molecule has 0 bridgehead atoms. The van der Waals surface area contributed by atoms with Crippen LogP contribution in [0, 0.1) is 11.8 Å². The summed E-state index contributed by atoms with van der Waals surface area (Å²) >= 11 is 0. The average molecular weight is 208 g/mol. The van der Waals surface area contributed by atoms with Crippen LogP contribution in [0.15, 0.2) is 22.8 Å². The van der Waals surface area contributed by atoms with Crippen LogP contribution in [0.4, 0.5) is 0 Å². The molecule has 2 heterocycles. The molecule has 0 aromatic carbocycles. The van der Waals surface area contributed by atoms with Gasteiger partial charge < -0.3 is 9.73 Å². The van der Waals surface area contributed by atoms with Gasteiger partial charge in [-0.2, -0.15) is 0 Å². The Labute approximate surface area is 91.4 Å². The second kappa shape index (κ2) is 4.81. The molecule has 2 atom stereocenters. The number of hydrogen-bond donors (Lipinski definition) is 1. The Kier molecular flexibility index (Phi) is 3.44. The van der Waals surface area contributed by atoms with Gasteiger partial charge in [-0.05, 0) is 44.1 Å². The zero-order valence-corrected chi connectivity index (χ0v) is 9.57. The fourth-order valence-electron chi connectivity index (χ4n) is 2.24. The van der Waals surface area contributed by atoms with E-state index in [1.165, 1.54) is 6.54 Å². The topological polar surface area (TPSA) is 28.4 Å². The molecule has 0 saturated carbocycles. The van der Waals surface area contributed by atoms with E-state index >= 15 is 0 Å². The van der Waals surface area contributed by atoms with Gasteiger partial charge in [0.25, 0.3) is 0 Å². The van der Waals surface area contributed by atoms with E-state index in [2.05, 4.69) is 24.2 Å². The largest absolute Gasteiger partial charge is 0.468 e. The van der Waals surface area contributed by atoms with Crippen LogP contribution in [0.3, 0.4) is 0 Å². The van der Waals surface area contributed by atoms with Crippen LogP contribution in [0.25, 0.3) is 0 Å². The predicted molar refractivity (Wildman–Crippen MR) is 60.6 cm³/mol. The Morgan fingerprint density at radius 2 is 2.40 bits per heavy atom. The summed E-state index contributed by atoms with van der Waals surface area (Å²) in [5, 5.41) is 3.44. The zero-order valence-electron chi connectivity index (χ0n) is 9.57. The quantitative estimate of drug-likeness (QED) is 0.814. The lowest BCUT2D eigenvalue weighted by Gasteiger charge is -2.22. The Hall–Kier alpha value is -0.800. The lowest BCUT2D eigenvalue weighted by Crippen LogP contribution is -2.28. The Balaban J connectivity index is 1.79. The van der Waals surface area contributed by atoms with E-state index < -0.39 is 0 Å². The molecule has 1 aromatic rings. The molecule has 0 radical (unpaired) electrons. The van der Waals surface area contributed by atoms with E-state index in [1.807, 2.05) is 12.1 Å². The average Bonchev–Trinajstić information content (AvgIpc) is 2.79. The molecule has 3 heteroatoms. The lowest BCUT2D eigenvalue weighted by atomic mass is 9.98. The van der Waals surface area contributed by atoms with Gasteiger partial charge in [-0.3, -0.25) is 4.90 Å². The Bertz CT molecular complexity index is 284. The first-order valence-electron chi connectivity index (χ1n) is 5.67. The van der Waals surface area contributed by atoms with Crippen molar-refractivity contribution in [2.75, 3.05) is 26.7 Å². The predicted octanol–water partition coefficient (Wildman–Crippen LogP) is 1.57. The zero-order chi connectivity index (χ0) is 10.7. The van der Waals surface area contributed by atoms with Crippen molar-refractivity contribution in [1.29, 1.82) is 0 Å². The second-order valence-electron chi connectivity index (χ2n) is 4.67. The number of furan rings is 1. The lowest BCUT2D eigenvalue weighted by molar-refractivity contribution is 0.236. The Morgan fingerprint density at radius 1 is 1.53 bits per heavy atom.